The summed E-state index contributed by atoms with van der Waals surface area (Å²) in [6.07, 6.45) is 0. The van der Waals surface area contributed by atoms with Gasteiger partial charge in [0.1, 0.15) is 16.4 Å². The van der Waals surface area contributed by atoms with Gasteiger partial charge in [-0.1, -0.05) is 18.2 Å². The Morgan fingerprint density at radius 2 is 1.67 bits per heavy atom. The van der Waals surface area contributed by atoms with Crippen molar-refractivity contribution < 1.29 is 18.6 Å². The number of phenolic OH excluding ortho intramolecular Hbond substituents is 2. The minimum Gasteiger partial charge on any atom is -0.508 e. The maximum Gasteiger partial charge on any atom is 0.210 e. The van der Waals surface area contributed by atoms with Crippen molar-refractivity contribution >= 4 is 9.84 Å². The van der Waals surface area contributed by atoms with Crippen molar-refractivity contribution in [3.8, 4) is 11.5 Å². The highest BCUT2D eigenvalue weighted by Crippen LogP contribution is 2.31. The van der Waals surface area contributed by atoms with E-state index in [0.717, 1.165) is 6.07 Å². The van der Waals surface area contributed by atoms with E-state index in [4.69, 9.17) is 0 Å². The number of para-hydroxylation sites is 1. The molecule has 0 saturated heterocycles. The van der Waals surface area contributed by atoms with Gasteiger partial charge in [0.2, 0.25) is 9.84 Å². The van der Waals surface area contributed by atoms with Crippen LogP contribution in [0.15, 0.2) is 52.3 Å². The number of sulfone groups is 1. The third kappa shape index (κ3) is 2.04. The monoisotopic (exact) mass is 264 g/mol. The summed E-state index contributed by atoms with van der Waals surface area (Å²) in [6, 6.07) is 9.86. The van der Waals surface area contributed by atoms with Gasteiger partial charge in [-0.3, -0.25) is 0 Å². The summed E-state index contributed by atoms with van der Waals surface area (Å²) in [5.74, 6) is -0.399. The Kier molecular flexibility index (Phi) is 3.00. The van der Waals surface area contributed by atoms with Crippen molar-refractivity contribution in [3.05, 3.63) is 48.0 Å². The van der Waals surface area contributed by atoms with Crippen LogP contribution in [0.1, 0.15) is 5.56 Å². The molecule has 18 heavy (non-hydrogen) atoms. The molecular weight excluding hydrogens is 252 g/mol. The number of hydrogen-bond donors (Lipinski definition) is 2. The summed E-state index contributed by atoms with van der Waals surface area (Å²) in [7, 11) is -3.82. The minimum absolute atomic E-state index is 0.0524. The molecule has 0 amide bonds. The Labute approximate surface area is 105 Å². The van der Waals surface area contributed by atoms with Gasteiger partial charge in [0.25, 0.3) is 0 Å². The van der Waals surface area contributed by atoms with E-state index in [1.165, 1.54) is 24.3 Å². The molecule has 0 spiro atoms. The summed E-state index contributed by atoms with van der Waals surface area (Å²) >= 11 is 0. The van der Waals surface area contributed by atoms with Crippen LogP contribution in [0.5, 0.6) is 11.5 Å². The molecule has 0 fully saturated rings. The largest absolute Gasteiger partial charge is 0.508 e. The van der Waals surface area contributed by atoms with Crippen LogP contribution in [0.2, 0.25) is 0 Å². The molecule has 0 aliphatic rings. The summed E-state index contributed by atoms with van der Waals surface area (Å²) < 4.78 is 24.6. The topological polar surface area (TPSA) is 74.6 Å². The van der Waals surface area contributed by atoms with Gasteiger partial charge >= 0.3 is 0 Å². The van der Waals surface area contributed by atoms with Crippen molar-refractivity contribution in [2.24, 2.45) is 0 Å². The van der Waals surface area contributed by atoms with E-state index in [9.17, 15) is 18.6 Å². The highest BCUT2D eigenvalue weighted by atomic mass is 32.2. The number of rotatable bonds is 2. The maximum absolute atomic E-state index is 12.3. The first-order chi connectivity index (χ1) is 8.43. The van der Waals surface area contributed by atoms with Crippen molar-refractivity contribution in [1.29, 1.82) is 0 Å². The lowest BCUT2D eigenvalue weighted by molar-refractivity contribution is 0.454. The van der Waals surface area contributed by atoms with Gasteiger partial charge in [0, 0.05) is 0 Å². The average Bonchev–Trinajstić information content (AvgIpc) is 2.32. The Morgan fingerprint density at radius 3 is 2.33 bits per heavy atom. The normalized spacial score (nSPS) is 11.4. The van der Waals surface area contributed by atoms with Crippen molar-refractivity contribution in [3.63, 3.8) is 0 Å². The molecule has 0 unspecified atom stereocenters. The first-order valence-corrected chi connectivity index (χ1v) is 6.74. The van der Waals surface area contributed by atoms with E-state index < -0.39 is 9.84 Å². The fraction of sp³-hybridized carbons (Fsp3) is 0.0769. The van der Waals surface area contributed by atoms with Crippen LogP contribution < -0.4 is 0 Å². The Bertz CT molecular complexity index is 690. The third-order valence-corrected chi connectivity index (χ3v) is 4.40. The van der Waals surface area contributed by atoms with E-state index in [0.29, 0.717) is 5.56 Å². The van der Waals surface area contributed by atoms with E-state index in [1.807, 2.05) is 0 Å². The Balaban J connectivity index is 2.66. The van der Waals surface area contributed by atoms with Crippen LogP contribution in [0, 0.1) is 6.92 Å². The molecule has 0 saturated carbocycles. The second-order valence-electron chi connectivity index (χ2n) is 3.92. The van der Waals surface area contributed by atoms with Gasteiger partial charge < -0.3 is 10.2 Å². The van der Waals surface area contributed by atoms with Gasteiger partial charge in [-0.15, -0.1) is 0 Å². The molecule has 94 valence electrons. The molecule has 2 rings (SSSR count). The highest BCUT2D eigenvalue weighted by molar-refractivity contribution is 7.91. The lowest BCUT2D eigenvalue weighted by Gasteiger charge is -2.08. The van der Waals surface area contributed by atoms with E-state index in [-0.39, 0.29) is 21.3 Å². The second kappa shape index (κ2) is 4.34. The van der Waals surface area contributed by atoms with E-state index in [1.54, 1.807) is 19.1 Å². The number of phenols is 2. The molecule has 4 nitrogen and oxygen atoms in total. The Morgan fingerprint density at radius 1 is 1.00 bits per heavy atom. The summed E-state index contributed by atoms with van der Waals surface area (Å²) in [5.41, 5.74) is 0.483. The lowest BCUT2D eigenvalue weighted by atomic mass is 10.2. The highest BCUT2D eigenvalue weighted by Gasteiger charge is 2.22. The molecule has 2 N–H and O–H groups in total. The maximum atomic E-state index is 12.3. The predicted octanol–water partition coefficient (Wildman–Crippen LogP) is 2.24. The van der Waals surface area contributed by atoms with Gasteiger partial charge in [-0.25, -0.2) is 8.42 Å². The first-order valence-electron chi connectivity index (χ1n) is 5.25. The molecule has 0 radical (unpaired) electrons. The van der Waals surface area contributed by atoms with Crippen LogP contribution in [0.3, 0.4) is 0 Å². The summed E-state index contributed by atoms with van der Waals surface area (Å²) in [6.45, 7) is 1.62. The van der Waals surface area contributed by atoms with Gasteiger partial charge in [-0.05, 0) is 36.8 Å². The number of aromatic hydroxyl groups is 2. The van der Waals surface area contributed by atoms with Crippen molar-refractivity contribution in [2.45, 2.75) is 16.7 Å². The molecule has 0 heterocycles. The smallest absolute Gasteiger partial charge is 0.210 e. The number of hydrogen-bond acceptors (Lipinski definition) is 4. The van der Waals surface area contributed by atoms with Crippen LogP contribution >= 0.6 is 0 Å². The molecule has 5 heteroatoms. The minimum atomic E-state index is -3.82. The SMILES string of the molecule is Cc1cccc(S(=O)(=O)c2cccc(O)c2)c1O. The van der Waals surface area contributed by atoms with Crippen LogP contribution in [-0.2, 0) is 9.84 Å². The first kappa shape index (κ1) is 12.4. The molecule has 2 aromatic rings. The molecule has 2 aromatic carbocycles. The zero-order valence-corrected chi connectivity index (χ0v) is 10.5. The fourth-order valence-electron chi connectivity index (χ4n) is 1.63. The summed E-state index contributed by atoms with van der Waals surface area (Å²) in [4.78, 5) is -0.212. The number of benzene rings is 2. The molecular formula is C13H12O4S. The zero-order valence-electron chi connectivity index (χ0n) is 9.66. The summed E-state index contributed by atoms with van der Waals surface area (Å²) in [5, 5.41) is 19.1. The molecule has 0 bridgehead atoms. The third-order valence-electron chi connectivity index (χ3n) is 2.62. The predicted molar refractivity (Wildman–Crippen MR) is 66.4 cm³/mol. The Hall–Kier alpha value is -2.01. The van der Waals surface area contributed by atoms with Gasteiger partial charge in [0.15, 0.2) is 0 Å². The van der Waals surface area contributed by atoms with Crippen LogP contribution in [0.4, 0.5) is 0 Å². The second-order valence-corrected chi connectivity index (χ2v) is 5.84. The fourth-order valence-corrected chi connectivity index (χ4v) is 3.09. The number of aryl methyl sites for hydroxylation is 1. The van der Waals surface area contributed by atoms with E-state index >= 15 is 0 Å². The van der Waals surface area contributed by atoms with Gasteiger partial charge in [-0.2, -0.15) is 0 Å². The average molecular weight is 264 g/mol. The molecule has 0 aliphatic carbocycles. The standard InChI is InChI=1S/C13H12O4S/c1-9-4-2-7-12(13(9)15)18(16,17)11-6-3-5-10(14)8-11/h2-8,14-15H,1H3. The van der Waals surface area contributed by atoms with Crippen LogP contribution in [-0.4, -0.2) is 18.6 Å². The van der Waals surface area contributed by atoms with Crippen molar-refractivity contribution in [2.75, 3.05) is 0 Å². The van der Waals surface area contributed by atoms with Crippen LogP contribution in [0.25, 0.3) is 0 Å². The molecule has 0 atom stereocenters. The zero-order chi connectivity index (χ0) is 13.3. The van der Waals surface area contributed by atoms with Gasteiger partial charge in [0.05, 0.1) is 4.90 Å². The van der Waals surface area contributed by atoms with Crippen molar-refractivity contribution in [1.82, 2.24) is 0 Å². The quantitative estimate of drug-likeness (QED) is 0.872. The molecule has 0 aliphatic heterocycles. The van der Waals surface area contributed by atoms with E-state index in [2.05, 4.69) is 0 Å². The lowest BCUT2D eigenvalue weighted by Crippen LogP contribution is -2.02. The molecule has 0 aromatic heterocycles.